The summed E-state index contributed by atoms with van der Waals surface area (Å²) < 4.78 is 19.1. The van der Waals surface area contributed by atoms with Crippen LogP contribution in [0.3, 0.4) is 0 Å². The molecule has 0 radical (unpaired) electrons. The lowest BCUT2D eigenvalue weighted by molar-refractivity contribution is -0.144. The molecule has 1 fully saturated rings. The smallest absolute Gasteiger partial charge is 0.329 e. The minimum Gasteiger partial charge on any atom is -0.493 e. The number of fused-ring (bicyclic) bond motifs is 4. The summed E-state index contributed by atoms with van der Waals surface area (Å²) in [6, 6.07) is 13.8. The molecule has 1 saturated carbocycles. The van der Waals surface area contributed by atoms with Gasteiger partial charge in [-0.3, -0.25) is 4.98 Å². The Labute approximate surface area is 283 Å². The van der Waals surface area contributed by atoms with Gasteiger partial charge in [0, 0.05) is 34.6 Å². The van der Waals surface area contributed by atoms with E-state index in [2.05, 4.69) is 43.2 Å². The van der Waals surface area contributed by atoms with Crippen LogP contribution in [0.1, 0.15) is 100 Å². The quantitative estimate of drug-likeness (QED) is 0.250. The molecule has 0 saturated heterocycles. The van der Waals surface area contributed by atoms with Crippen molar-refractivity contribution in [3.63, 3.8) is 0 Å². The fourth-order valence-corrected chi connectivity index (χ4v) is 9.12. The normalized spacial score (nSPS) is 28.6. The summed E-state index contributed by atoms with van der Waals surface area (Å²) in [5.74, 6) is 2.94. The molecule has 7 nitrogen and oxygen atoms in total. The Morgan fingerprint density at radius 3 is 2.74 bits per heavy atom. The minimum atomic E-state index is -1.06. The van der Waals surface area contributed by atoms with Gasteiger partial charge in [0.25, 0.3) is 0 Å². The number of hydrogen-bond donors (Lipinski definition) is 2. The molecule has 2 aromatic carbocycles. The third-order valence-electron chi connectivity index (χ3n) is 11.5. The molecule has 0 unspecified atom stereocenters. The Bertz CT molecular complexity index is 1630. The number of carboxylic acid groups (broad SMARTS) is 1. The number of hydrogen-bond acceptors (Lipinski definition) is 6. The highest BCUT2D eigenvalue weighted by molar-refractivity contribution is 6.30. The van der Waals surface area contributed by atoms with Crippen LogP contribution in [0.25, 0.3) is 0 Å². The number of halogens is 1. The van der Waals surface area contributed by atoms with Crippen LogP contribution in [-0.2, 0) is 23.1 Å². The third kappa shape index (κ3) is 6.16. The predicted molar refractivity (Wildman–Crippen MR) is 184 cm³/mol. The summed E-state index contributed by atoms with van der Waals surface area (Å²) in [6.45, 7) is 7.95. The number of aryl methyl sites for hydroxylation is 1. The van der Waals surface area contributed by atoms with Crippen LogP contribution in [0.2, 0.25) is 5.02 Å². The maximum Gasteiger partial charge on any atom is 0.329 e. The van der Waals surface area contributed by atoms with Crippen LogP contribution < -0.4 is 19.5 Å². The highest BCUT2D eigenvalue weighted by Gasteiger charge is 2.54. The molecule has 250 valence electrons. The van der Waals surface area contributed by atoms with Crippen LogP contribution in [0, 0.1) is 11.8 Å². The number of aliphatic carboxylic acids is 1. The maximum atomic E-state index is 12.9. The van der Waals surface area contributed by atoms with Gasteiger partial charge in [-0.05, 0) is 135 Å². The van der Waals surface area contributed by atoms with Crippen LogP contribution >= 0.6 is 11.6 Å². The lowest BCUT2D eigenvalue weighted by Crippen LogP contribution is -2.53. The summed E-state index contributed by atoms with van der Waals surface area (Å²) in [4.78, 5) is 17.6. The fourth-order valence-electron chi connectivity index (χ4n) is 8.93. The monoisotopic (exact) mass is 658 g/mol. The van der Waals surface area contributed by atoms with Gasteiger partial charge >= 0.3 is 5.97 Å². The number of benzene rings is 2. The summed E-state index contributed by atoms with van der Waals surface area (Å²) in [5, 5.41) is 14.6. The number of nitrogens with zero attached hydrogens (tertiary/aromatic N) is 1. The van der Waals surface area contributed by atoms with Gasteiger partial charge in [0.15, 0.2) is 11.5 Å². The fraction of sp³-hybridized carbons (Fsp3) is 0.538. The SMILES string of the molecule is C[C@@H](COc1ccnc2c1[C@H](C)CCC2)C[C@H]1Cc2cc3c(cc2C12CCC(Nc1cccc(Cl)c1)(C(=O)O)CC2)O[C@@H](C)CCO3. The third-order valence-corrected chi connectivity index (χ3v) is 11.7. The molecule has 0 amide bonds. The Hall–Kier alpha value is -3.45. The molecule has 4 aliphatic rings. The van der Waals surface area contributed by atoms with E-state index in [-0.39, 0.29) is 11.5 Å². The number of rotatable bonds is 8. The van der Waals surface area contributed by atoms with E-state index in [9.17, 15) is 9.90 Å². The highest BCUT2D eigenvalue weighted by Crippen LogP contribution is 2.58. The average molecular weight is 659 g/mol. The molecule has 0 bridgehead atoms. The van der Waals surface area contributed by atoms with Crippen molar-refractivity contribution in [3.8, 4) is 17.2 Å². The van der Waals surface area contributed by atoms with E-state index in [4.69, 9.17) is 25.8 Å². The maximum absolute atomic E-state index is 12.9. The van der Waals surface area contributed by atoms with Crippen molar-refractivity contribution in [1.29, 1.82) is 0 Å². The van der Waals surface area contributed by atoms with E-state index < -0.39 is 11.5 Å². The Morgan fingerprint density at radius 1 is 1.13 bits per heavy atom. The zero-order valence-corrected chi connectivity index (χ0v) is 28.6. The van der Waals surface area contributed by atoms with Crippen LogP contribution in [0.5, 0.6) is 17.2 Å². The number of aromatic nitrogens is 1. The van der Waals surface area contributed by atoms with E-state index in [1.54, 1.807) is 12.1 Å². The number of carboxylic acids is 1. The molecular weight excluding hydrogens is 612 g/mol. The molecule has 3 aromatic rings. The molecule has 1 aromatic heterocycles. The predicted octanol–water partition coefficient (Wildman–Crippen LogP) is 8.75. The summed E-state index contributed by atoms with van der Waals surface area (Å²) in [6.07, 6.45) is 10.7. The Balaban J connectivity index is 1.16. The number of anilines is 1. The van der Waals surface area contributed by atoms with Gasteiger partial charge < -0.3 is 24.6 Å². The lowest BCUT2D eigenvalue weighted by atomic mass is 9.59. The Kier molecular flexibility index (Phi) is 8.79. The van der Waals surface area contributed by atoms with Crippen molar-refractivity contribution in [2.24, 2.45) is 11.8 Å². The van der Waals surface area contributed by atoms with Gasteiger partial charge in [-0.2, -0.15) is 0 Å². The number of nitrogens with one attached hydrogen (secondary N) is 1. The van der Waals surface area contributed by atoms with Crippen molar-refractivity contribution < 1.29 is 24.1 Å². The van der Waals surface area contributed by atoms with Gasteiger partial charge in [-0.15, -0.1) is 0 Å². The number of pyridine rings is 1. The second-order valence-corrected chi connectivity index (χ2v) is 15.2. The molecule has 2 heterocycles. The molecule has 1 spiro atoms. The van der Waals surface area contributed by atoms with Crippen LogP contribution in [0.15, 0.2) is 48.7 Å². The van der Waals surface area contributed by atoms with E-state index in [1.165, 1.54) is 35.2 Å². The largest absolute Gasteiger partial charge is 0.493 e. The first kappa shape index (κ1) is 32.1. The van der Waals surface area contributed by atoms with Gasteiger partial charge in [-0.25, -0.2) is 4.79 Å². The van der Waals surface area contributed by atoms with E-state index in [0.29, 0.717) is 48.8 Å². The topological polar surface area (TPSA) is 89.9 Å². The Morgan fingerprint density at radius 2 is 1.96 bits per heavy atom. The second-order valence-electron chi connectivity index (χ2n) is 14.7. The van der Waals surface area contributed by atoms with Crippen molar-refractivity contribution in [3.05, 3.63) is 76.1 Å². The summed E-state index contributed by atoms with van der Waals surface area (Å²) in [5.41, 5.74) is 4.62. The van der Waals surface area contributed by atoms with E-state index in [1.807, 2.05) is 24.4 Å². The molecule has 4 atom stereocenters. The van der Waals surface area contributed by atoms with Gasteiger partial charge in [0.2, 0.25) is 0 Å². The van der Waals surface area contributed by atoms with Crippen LogP contribution in [0.4, 0.5) is 5.69 Å². The first-order chi connectivity index (χ1) is 22.7. The lowest BCUT2D eigenvalue weighted by Gasteiger charge is -2.47. The van der Waals surface area contributed by atoms with E-state index in [0.717, 1.165) is 61.5 Å². The first-order valence-corrected chi connectivity index (χ1v) is 17.9. The molecule has 1 aliphatic heterocycles. The van der Waals surface area contributed by atoms with Crippen molar-refractivity contribution >= 4 is 23.3 Å². The second kappa shape index (κ2) is 12.9. The number of ether oxygens (including phenoxy) is 3. The number of carbonyl (C=O) groups is 1. The molecular formula is C39H47ClN2O5. The average Bonchev–Trinajstić information content (AvgIpc) is 3.18. The van der Waals surface area contributed by atoms with Gasteiger partial charge in [0.1, 0.15) is 11.3 Å². The molecule has 8 heteroatoms. The van der Waals surface area contributed by atoms with Gasteiger partial charge in [0.05, 0.1) is 19.3 Å². The van der Waals surface area contributed by atoms with Gasteiger partial charge in [-0.1, -0.05) is 31.5 Å². The van der Waals surface area contributed by atoms with Crippen molar-refractivity contribution in [2.75, 3.05) is 18.5 Å². The van der Waals surface area contributed by atoms with E-state index >= 15 is 0 Å². The molecule has 2 N–H and O–H groups in total. The zero-order chi connectivity index (χ0) is 32.8. The molecule has 3 aliphatic carbocycles. The van der Waals surface area contributed by atoms with Crippen molar-refractivity contribution in [1.82, 2.24) is 4.98 Å². The zero-order valence-electron chi connectivity index (χ0n) is 27.8. The highest BCUT2D eigenvalue weighted by atomic mass is 35.5. The standard InChI is InChI=1S/C39H47ClN2O5/c1-24(23-46-33-10-16-41-32-9-4-6-25(2)36(32)33)18-28-19-27-20-34-35(47-26(3)11-17-45-34)22-31(27)38(28)12-14-39(15-13-38,37(43)44)42-30-8-5-7-29(40)21-30/h5,7-8,10,16,20-22,24-26,28,42H,4,6,9,11-15,17-19,23H2,1-3H3,(H,43,44)/t24-,25-,26+,28+,38?,39?/m1/s1. The first-order valence-electron chi connectivity index (χ1n) is 17.5. The van der Waals surface area contributed by atoms with Crippen molar-refractivity contribution in [2.45, 2.75) is 108 Å². The molecule has 7 rings (SSSR count). The molecule has 47 heavy (non-hydrogen) atoms. The summed E-state index contributed by atoms with van der Waals surface area (Å²) in [7, 11) is 0. The summed E-state index contributed by atoms with van der Waals surface area (Å²) >= 11 is 6.27. The van der Waals surface area contributed by atoms with Crippen LogP contribution in [-0.4, -0.2) is 40.9 Å². The minimum absolute atomic E-state index is 0.0779.